The molecule has 5 nitrogen and oxygen atoms in total. The summed E-state index contributed by atoms with van der Waals surface area (Å²) in [6.07, 6.45) is 0. The van der Waals surface area contributed by atoms with Crippen LogP contribution in [0.5, 0.6) is 0 Å². The van der Waals surface area contributed by atoms with Gasteiger partial charge >= 0.3 is 5.97 Å². The first-order chi connectivity index (χ1) is 11.7. The van der Waals surface area contributed by atoms with Crippen LogP contribution in [-0.4, -0.2) is 28.0 Å². The number of esters is 1. The van der Waals surface area contributed by atoms with Gasteiger partial charge in [0.25, 0.3) is 10.0 Å². The SMILES string of the molecule is C=C(Cl)COC(=O)c1ccc(N(C)S(=O)(=O)c2ccc(C)cc2)cc1. The van der Waals surface area contributed by atoms with Crippen molar-refractivity contribution in [2.24, 2.45) is 0 Å². The third kappa shape index (κ3) is 4.61. The smallest absolute Gasteiger partial charge is 0.338 e. The highest BCUT2D eigenvalue weighted by Gasteiger charge is 2.21. The number of halogens is 1. The number of nitrogens with zero attached hydrogens (tertiary/aromatic N) is 1. The van der Waals surface area contributed by atoms with Crippen LogP contribution in [0.15, 0.2) is 65.0 Å². The second kappa shape index (κ2) is 7.72. The molecule has 0 atom stereocenters. The summed E-state index contributed by atoms with van der Waals surface area (Å²) < 4.78 is 31.4. The summed E-state index contributed by atoms with van der Waals surface area (Å²) >= 11 is 5.55. The molecule has 0 saturated heterocycles. The van der Waals surface area contributed by atoms with Crippen molar-refractivity contribution in [3.05, 3.63) is 71.3 Å². The highest BCUT2D eigenvalue weighted by Crippen LogP contribution is 2.23. The first-order valence-electron chi connectivity index (χ1n) is 7.38. The van der Waals surface area contributed by atoms with Crippen molar-refractivity contribution in [1.29, 1.82) is 0 Å². The Kier molecular flexibility index (Phi) is 5.87. The lowest BCUT2D eigenvalue weighted by atomic mass is 10.2. The normalized spacial score (nSPS) is 11.0. The number of aryl methyl sites for hydroxylation is 1. The summed E-state index contributed by atoms with van der Waals surface area (Å²) in [6.45, 7) is 5.24. The monoisotopic (exact) mass is 379 g/mol. The molecule has 0 N–H and O–H groups in total. The molecule has 0 aliphatic carbocycles. The number of hydrogen-bond donors (Lipinski definition) is 0. The van der Waals surface area contributed by atoms with Gasteiger partial charge < -0.3 is 4.74 Å². The minimum Gasteiger partial charge on any atom is -0.456 e. The minimum atomic E-state index is -3.68. The number of hydrogen-bond acceptors (Lipinski definition) is 4. The van der Waals surface area contributed by atoms with E-state index in [0.717, 1.165) is 9.87 Å². The third-order valence-corrected chi connectivity index (χ3v) is 5.41. The Labute approximate surface area is 152 Å². The van der Waals surface area contributed by atoms with Crippen molar-refractivity contribution >= 4 is 33.3 Å². The summed E-state index contributed by atoms with van der Waals surface area (Å²) in [5.74, 6) is -0.558. The van der Waals surface area contributed by atoms with Gasteiger partial charge in [0.15, 0.2) is 0 Å². The molecule has 0 saturated carbocycles. The highest BCUT2D eigenvalue weighted by atomic mass is 35.5. The Morgan fingerprint density at radius 3 is 2.20 bits per heavy atom. The van der Waals surface area contributed by atoms with Gasteiger partial charge in [-0.2, -0.15) is 0 Å². The fourth-order valence-electron chi connectivity index (χ4n) is 2.04. The van der Waals surface area contributed by atoms with E-state index in [4.69, 9.17) is 16.3 Å². The van der Waals surface area contributed by atoms with Gasteiger partial charge in [0, 0.05) is 12.1 Å². The molecule has 0 fully saturated rings. The largest absolute Gasteiger partial charge is 0.456 e. The lowest BCUT2D eigenvalue weighted by Crippen LogP contribution is -2.26. The highest BCUT2D eigenvalue weighted by molar-refractivity contribution is 7.92. The van der Waals surface area contributed by atoms with Crippen LogP contribution >= 0.6 is 11.6 Å². The molecular formula is C18H18ClNO4S. The zero-order valence-corrected chi connectivity index (χ0v) is 15.5. The molecular weight excluding hydrogens is 362 g/mol. The predicted molar refractivity (Wildman–Crippen MR) is 98.5 cm³/mol. The third-order valence-electron chi connectivity index (χ3n) is 3.51. The molecule has 0 aliphatic rings. The van der Waals surface area contributed by atoms with E-state index in [-0.39, 0.29) is 16.5 Å². The average Bonchev–Trinajstić information content (AvgIpc) is 2.59. The maximum Gasteiger partial charge on any atom is 0.338 e. The van der Waals surface area contributed by atoms with Gasteiger partial charge in [-0.05, 0) is 43.3 Å². The van der Waals surface area contributed by atoms with Crippen molar-refractivity contribution in [2.75, 3.05) is 18.0 Å². The van der Waals surface area contributed by atoms with Crippen LogP contribution in [0, 0.1) is 6.92 Å². The maximum atomic E-state index is 12.7. The van der Waals surface area contributed by atoms with E-state index in [2.05, 4.69) is 6.58 Å². The van der Waals surface area contributed by atoms with Crippen LogP contribution in [0.2, 0.25) is 0 Å². The molecule has 0 heterocycles. The molecule has 25 heavy (non-hydrogen) atoms. The van der Waals surface area contributed by atoms with Crippen LogP contribution < -0.4 is 4.31 Å². The summed E-state index contributed by atoms with van der Waals surface area (Å²) in [6, 6.07) is 12.7. The fourth-order valence-corrected chi connectivity index (χ4v) is 3.29. The molecule has 2 aromatic rings. The summed E-state index contributed by atoms with van der Waals surface area (Å²) in [5.41, 5.74) is 1.70. The number of carbonyl (C=O) groups excluding carboxylic acids is 1. The quantitative estimate of drug-likeness (QED) is 0.717. The molecule has 7 heteroatoms. The van der Waals surface area contributed by atoms with Crippen LogP contribution in [0.3, 0.4) is 0 Å². The van der Waals surface area contributed by atoms with Crippen LogP contribution in [0.4, 0.5) is 5.69 Å². The number of ether oxygens (including phenoxy) is 1. The van der Waals surface area contributed by atoms with Crippen LogP contribution in [-0.2, 0) is 14.8 Å². The van der Waals surface area contributed by atoms with Gasteiger partial charge in [0.2, 0.25) is 0 Å². The molecule has 0 unspecified atom stereocenters. The summed E-state index contributed by atoms with van der Waals surface area (Å²) in [7, 11) is -2.22. The van der Waals surface area contributed by atoms with Crippen LogP contribution in [0.1, 0.15) is 15.9 Å². The minimum absolute atomic E-state index is 0.0795. The Bertz CT molecular complexity index is 874. The number of sulfonamides is 1. The van der Waals surface area contributed by atoms with E-state index in [0.29, 0.717) is 11.3 Å². The van der Waals surface area contributed by atoms with E-state index in [1.54, 1.807) is 24.3 Å². The number of carbonyl (C=O) groups is 1. The molecule has 0 spiro atoms. The summed E-state index contributed by atoms with van der Waals surface area (Å²) in [4.78, 5) is 12.0. The number of rotatable bonds is 6. The van der Waals surface area contributed by atoms with Gasteiger partial charge in [-0.1, -0.05) is 35.9 Å². The van der Waals surface area contributed by atoms with Crippen molar-refractivity contribution < 1.29 is 17.9 Å². The zero-order chi connectivity index (χ0) is 18.6. The second-order valence-corrected chi connectivity index (χ2v) is 7.93. The van der Waals surface area contributed by atoms with Gasteiger partial charge in [-0.25, -0.2) is 13.2 Å². The summed E-state index contributed by atoms with van der Waals surface area (Å²) in [5, 5.41) is 0.217. The molecule has 132 valence electrons. The van der Waals surface area contributed by atoms with E-state index in [1.165, 1.54) is 31.3 Å². The molecule has 0 radical (unpaired) electrons. The van der Waals surface area contributed by atoms with Crippen LogP contribution in [0.25, 0.3) is 0 Å². The average molecular weight is 380 g/mol. The fraction of sp³-hybridized carbons (Fsp3) is 0.167. The Balaban J connectivity index is 2.19. The van der Waals surface area contributed by atoms with Gasteiger partial charge in [0.1, 0.15) is 6.61 Å². The molecule has 0 aliphatic heterocycles. The molecule has 0 bridgehead atoms. The lowest BCUT2D eigenvalue weighted by Gasteiger charge is -2.19. The lowest BCUT2D eigenvalue weighted by molar-refractivity contribution is 0.0546. The van der Waals surface area contributed by atoms with E-state index in [1.807, 2.05) is 6.92 Å². The van der Waals surface area contributed by atoms with E-state index < -0.39 is 16.0 Å². The first kappa shape index (κ1) is 19.0. The number of benzene rings is 2. The second-order valence-electron chi connectivity index (χ2n) is 5.43. The number of anilines is 1. The van der Waals surface area contributed by atoms with E-state index >= 15 is 0 Å². The van der Waals surface area contributed by atoms with E-state index in [9.17, 15) is 13.2 Å². The maximum absolute atomic E-state index is 12.7. The molecule has 2 aromatic carbocycles. The van der Waals surface area contributed by atoms with Gasteiger partial charge in [-0.15, -0.1) is 0 Å². The van der Waals surface area contributed by atoms with Gasteiger partial charge in [0.05, 0.1) is 16.1 Å². The molecule has 2 rings (SSSR count). The molecule has 0 aromatic heterocycles. The topological polar surface area (TPSA) is 63.7 Å². The van der Waals surface area contributed by atoms with Gasteiger partial charge in [-0.3, -0.25) is 4.31 Å². The predicted octanol–water partition coefficient (Wildman–Crippen LogP) is 3.73. The zero-order valence-electron chi connectivity index (χ0n) is 13.9. The van der Waals surface area contributed by atoms with Crippen molar-refractivity contribution in [2.45, 2.75) is 11.8 Å². The standard InChI is InChI=1S/C18H18ClNO4S/c1-13-4-10-17(11-5-13)25(22,23)20(3)16-8-6-15(7-9-16)18(21)24-12-14(2)19/h4-11H,2,12H2,1,3H3. The Morgan fingerprint density at radius 1 is 1.12 bits per heavy atom. The van der Waals surface area contributed by atoms with Crippen molar-refractivity contribution in [3.8, 4) is 0 Å². The van der Waals surface area contributed by atoms with Crippen molar-refractivity contribution in [3.63, 3.8) is 0 Å². The Hall–Kier alpha value is -2.31. The first-order valence-corrected chi connectivity index (χ1v) is 9.19. The molecule has 0 amide bonds. The Morgan fingerprint density at radius 2 is 1.68 bits per heavy atom. The van der Waals surface area contributed by atoms with Crippen molar-refractivity contribution in [1.82, 2.24) is 0 Å².